The van der Waals surface area contributed by atoms with Crippen LogP contribution in [0.2, 0.25) is 0 Å². The molecule has 0 radical (unpaired) electrons. The van der Waals surface area contributed by atoms with Crippen molar-refractivity contribution in [2.75, 3.05) is 26.3 Å². The number of nitrogens with one attached hydrogen (secondary N) is 2. The summed E-state index contributed by atoms with van der Waals surface area (Å²) in [6.45, 7) is 5.37. The monoisotopic (exact) mass is 399 g/mol. The lowest BCUT2D eigenvalue weighted by molar-refractivity contribution is -0.921. The zero-order valence-corrected chi connectivity index (χ0v) is 17.4. The summed E-state index contributed by atoms with van der Waals surface area (Å²) in [5, 5.41) is 14.1. The first-order valence-corrected chi connectivity index (χ1v) is 11.5. The molecule has 1 amide bonds. The Kier molecular flexibility index (Phi) is 5.17. The van der Waals surface area contributed by atoms with E-state index in [0.29, 0.717) is 24.8 Å². The Morgan fingerprint density at radius 2 is 1.79 bits per heavy atom. The highest BCUT2D eigenvalue weighted by molar-refractivity contribution is 5.76. The predicted octanol–water partition coefficient (Wildman–Crippen LogP) is 1.44. The molecule has 158 valence electrons. The summed E-state index contributed by atoms with van der Waals surface area (Å²) in [6, 6.07) is 8.49. The SMILES string of the molecule is O=C(CC12C[C@@H]3C[C@@H](CC(O)(C3)C1)C2)NCc1ccccc1C[NH+]1CCOCC1. The van der Waals surface area contributed by atoms with Crippen molar-refractivity contribution in [1.82, 2.24) is 5.32 Å². The fourth-order valence-corrected chi connectivity index (χ4v) is 7.21. The van der Waals surface area contributed by atoms with Crippen molar-refractivity contribution >= 4 is 5.91 Å². The number of quaternary nitrogens is 1. The second-order valence-electron chi connectivity index (χ2n) is 10.4. The van der Waals surface area contributed by atoms with E-state index >= 15 is 0 Å². The Morgan fingerprint density at radius 3 is 2.48 bits per heavy atom. The molecule has 1 saturated heterocycles. The molecule has 0 aromatic heterocycles. The van der Waals surface area contributed by atoms with Gasteiger partial charge in [0.05, 0.1) is 18.8 Å². The second kappa shape index (κ2) is 7.68. The first-order valence-electron chi connectivity index (χ1n) is 11.5. The molecule has 5 nitrogen and oxygen atoms in total. The molecule has 4 saturated carbocycles. The van der Waals surface area contributed by atoms with Crippen molar-refractivity contribution in [3.63, 3.8) is 0 Å². The van der Waals surface area contributed by atoms with Crippen molar-refractivity contribution in [3.05, 3.63) is 35.4 Å². The number of ether oxygens (including phenoxy) is 1. The lowest BCUT2D eigenvalue weighted by Gasteiger charge is -2.60. The standard InChI is InChI=1S/C24H34N2O3/c27-22(14-23-10-18-9-19(11-23)13-24(28,12-18)17-23)25-15-20-3-1-2-4-21(20)16-26-5-7-29-8-6-26/h1-4,18-19,28H,5-17H2,(H,25,27)/p+1/t18-,19+,23?,24?. The first kappa shape index (κ1) is 19.5. The van der Waals surface area contributed by atoms with Gasteiger partial charge in [-0.3, -0.25) is 4.79 Å². The van der Waals surface area contributed by atoms with E-state index < -0.39 is 5.60 Å². The van der Waals surface area contributed by atoms with E-state index in [1.807, 2.05) is 0 Å². The topological polar surface area (TPSA) is 63.0 Å². The van der Waals surface area contributed by atoms with Gasteiger partial charge in [-0.15, -0.1) is 0 Å². The zero-order chi connectivity index (χ0) is 19.9. The molecular formula is C24H35N2O3+. The van der Waals surface area contributed by atoms with Crippen LogP contribution in [0.3, 0.4) is 0 Å². The fraction of sp³-hybridized carbons (Fsp3) is 0.708. The van der Waals surface area contributed by atoms with Crippen LogP contribution >= 0.6 is 0 Å². The largest absolute Gasteiger partial charge is 0.390 e. The third-order valence-electron chi connectivity index (χ3n) is 7.92. The van der Waals surface area contributed by atoms with Gasteiger partial charge in [0, 0.05) is 18.5 Å². The molecule has 4 aliphatic carbocycles. The third-order valence-corrected chi connectivity index (χ3v) is 7.92. The molecule has 2 unspecified atom stereocenters. The number of morpholine rings is 1. The van der Waals surface area contributed by atoms with Crippen LogP contribution < -0.4 is 10.2 Å². The van der Waals surface area contributed by atoms with Gasteiger partial charge in [0.15, 0.2) is 0 Å². The minimum atomic E-state index is -0.488. The number of aliphatic hydroxyl groups is 1. The maximum absolute atomic E-state index is 12.9. The maximum Gasteiger partial charge on any atom is 0.220 e. The molecule has 3 N–H and O–H groups in total. The molecule has 5 fully saturated rings. The van der Waals surface area contributed by atoms with Crippen molar-refractivity contribution in [1.29, 1.82) is 0 Å². The zero-order valence-electron chi connectivity index (χ0n) is 17.4. The lowest BCUT2D eigenvalue weighted by atomic mass is 9.47. The van der Waals surface area contributed by atoms with Crippen LogP contribution in [0.15, 0.2) is 24.3 Å². The smallest absolute Gasteiger partial charge is 0.220 e. The van der Waals surface area contributed by atoms with Gasteiger partial charge in [0.25, 0.3) is 0 Å². The van der Waals surface area contributed by atoms with Gasteiger partial charge in [-0.1, -0.05) is 24.3 Å². The highest BCUT2D eigenvalue weighted by Crippen LogP contribution is 2.62. The predicted molar refractivity (Wildman–Crippen MR) is 110 cm³/mol. The third kappa shape index (κ3) is 4.23. The fourth-order valence-electron chi connectivity index (χ4n) is 7.21. The summed E-state index contributed by atoms with van der Waals surface area (Å²) >= 11 is 0. The number of rotatable bonds is 6. The van der Waals surface area contributed by atoms with Gasteiger partial charge in [-0.2, -0.15) is 0 Å². The Bertz CT molecular complexity index is 744. The molecule has 1 heterocycles. The molecule has 4 bridgehead atoms. The molecule has 5 heteroatoms. The molecule has 5 aliphatic rings. The summed E-state index contributed by atoms with van der Waals surface area (Å²) < 4.78 is 5.47. The van der Waals surface area contributed by atoms with Crippen molar-refractivity contribution < 1.29 is 19.5 Å². The van der Waals surface area contributed by atoms with Crippen LogP contribution in [0.4, 0.5) is 0 Å². The highest BCUT2D eigenvalue weighted by atomic mass is 16.5. The highest BCUT2D eigenvalue weighted by Gasteiger charge is 2.57. The van der Waals surface area contributed by atoms with Crippen LogP contribution in [0, 0.1) is 17.3 Å². The molecule has 6 rings (SSSR count). The normalized spacial score (nSPS) is 36.3. The van der Waals surface area contributed by atoms with E-state index in [1.54, 1.807) is 4.90 Å². The van der Waals surface area contributed by atoms with Gasteiger partial charge in [0.2, 0.25) is 5.91 Å². The lowest BCUT2D eigenvalue weighted by Crippen LogP contribution is -3.12. The molecule has 29 heavy (non-hydrogen) atoms. The minimum Gasteiger partial charge on any atom is -0.390 e. The number of benzene rings is 1. The van der Waals surface area contributed by atoms with Crippen molar-refractivity contribution in [3.8, 4) is 0 Å². The molecule has 1 aromatic rings. The van der Waals surface area contributed by atoms with Crippen LogP contribution in [0.1, 0.15) is 56.1 Å². The first-order chi connectivity index (χ1) is 14.0. The van der Waals surface area contributed by atoms with E-state index in [1.165, 1.54) is 17.5 Å². The van der Waals surface area contributed by atoms with Crippen molar-refractivity contribution in [2.24, 2.45) is 17.3 Å². The Morgan fingerprint density at radius 1 is 1.10 bits per heavy atom. The van der Waals surface area contributed by atoms with E-state index in [9.17, 15) is 9.90 Å². The van der Waals surface area contributed by atoms with Crippen LogP contribution in [-0.4, -0.2) is 42.9 Å². The maximum atomic E-state index is 12.9. The average Bonchev–Trinajstić information content (AvgIpc) is 2.66. The quantitative estimate of drug-likeness (QED) is 0.678. The van der Waals surface area contributed by atoms with E-state index in [0.717, 1.165) is 65.0 Å². The van der Waals surface area contributed by atoms with E-state index in [-0.39, 0.29) is 11.3 Å². The molecule has 1 aromatic carbocycles. The molecule has 0 spiro atoms. The Hall–Kier alpha value is -1.43. The summed E-state index contributed by atoms with van der Waals surface area (Å²) in [4.78, 5) is 14.4. The second-order valence-corrected chi connectivity index (χ2v) is 10.4. The number of carbonyl (C=O) groups excluding carboxylic acids is 1. The van der Waals surface area contributed by atoms with Gasteiger partial charge in [0.1, 0.15) is 19.6 Å². The van der Waals surface area contributed by atoms with Gasteiger partial charge < -0.3 is 20.1 Å². The number of carbonyl (C=O) groups is 1. The average molecular weight is 400 g/mol. The van der Waals surface area contributed by atoms with E-state index in [2.05, 4.69) is 29.6 Å². The van der Waals surface area contributed by atoms with E-state index in [4.69, 9.17) is 4.74 Å². The van der Waals surface area contributed by atoms with Crippen LogP contribution in [0.5, 0.6) is 0 Å². The Balaban J connectivity index is 1.19. The summed E-state index contributed by atoms with van der Waals surface area (Å²) in [7, 11) is 0. The Labute approximate surface area is 173 Å². The van der Waals surface area contributed by atoms with Gasteiger partial charge in [-0.05, 0) is 61.3 Å². The van der Waals surface area contributed by atoms with Gasteiger partial charge >= 0.3 is 0 Å². The van der Waals surface area contributed by atoms with Gasteiger partial charge in [-0.25, -0.2) is 0 Å². The molecule has 1 aliphatic heterocycles. The number of amides is 1. The van der Waals surface area contributed by atoms with Crippen LogP contribution in [-0.2, 0) is 22.6 Å². The van der Waals surface area contributed by atoms with Crippen LogP contribution in [0.25, 0.3) is 0 Å². The minimum absolute atomic E-state index is 0.0420. The van der Waals surface area contributed by atoms with Crippen molar-refractivity contribution in [2.45, 2.75) is 63.6 Å². The summed E-state index contributed by atoms with van der Waals surface area (Å²) in [6.07, 6.45) is 6.88. The molecule has 4 atom stereocenters. The number of hydrogen-bond acceptors (Lipinski definition) is 3. The summed E-state index contributed by atoms with van der Waals surface area (Å²) in [5.41, 5.74) is 2.11. The molecular weight excluding hydrogens is 364 g/mol. The number of hydrogen-bond donors (Lipinski definition) is 3. The summed E-state index contributed by atoms with van der Waals surface area (Å²) in [5.74, 6) is 1.42.